The van der Waals surface area contributed by atoms with Gasteiger partial charge in [-0.25, -0.2) is 12.7 Å². The van der Waals surface area contributed by atoms with Crippen LogP contribution in [0.3, 0.4) is 0 Å². The first kappa shape index (κ1) is 23.2. The summed E-state index contributed by atoms with van der Waals surface area (Å²) in [4.78, 5) is 27.0. The minimum Gasteiger partial charge on any atom is -0.350 e. The van der Waals surface area contributed by atoms with Crippen LogP contribution in [0.1, 0.15) is 42.2 Å². The van der Waals surface area contributed by atoms with Gasteiger partial charge in [0.05, 0.1) is 28.1 Å². The molecule has 2 amide bonds. The zero-order valence-corrected chi connectivity index (χ0v) is 19.1. The minimum atomic E-state index is -3.69. The number of anilines is 1. The Morgan fingerprint density at radius 3 is 2.39 bits per heavy atom. The highest BCUT2D eigenvalue weighted by molar-refractivity contribution is 7.94. The van der Waals surface area contributed by atoms with Gasteiger partial charge in [-0.2, -0.15) is 0 Å². The number of benzene rings is 2. The molecule has 9 heteroatoms. The lowest BCUT2D eigenvalue weighted by atomic mass is 10.0. The quantitative estimate of drug-likeness (QED) is 0.649. The third-order valence-corrected chi connectivity index (χ3v) is 7.41. The Kier molecular flexibility index (Phi) is 7.35. The van der Waals surface area contributed by atoms with E-state index in [4.69, 9.17) is 11.6 Å². The van der Waals surface area contributed by atoms with Gasteiger partial charge in [0.1, 0.15) is 0 Å². The van der Waals surface area contributed by atoms with Gasteiger partial charge in [-0.15, -0.1) is 0 Å². The number of nitrogens with one attached hydrogen (secondary N) is 1. The second-order valence-electron chi connectivity index (χ2n) is 7.25. The summed E-state index contributed by atoms with van der Waals surface area (Å²) in [6.45, 7) is 6.20. The molecule has 1 atom stereocenters. The molecule has 0 aliphatic carbocycles. The third-order valence-electron chi connectivity index (χ3n) is 5.40. The van der Waals surface area contributed by atoms with E-state index in [0.717, 1.165) is 23.0 Å². The van der Waals surface area contributed by atoms with Crippen molar-refractivity contribution in [2.45, 2.75) is 26.3 Å². The first-order valence-corrected chi connectivity index (χ1v) is 12.2. The van der Waals surface area contributed by atoms with Crippen molar-refractivity contribution < 1.29 is 18.0 Å². The topological polar surface area (TPSA) is 86.8 Å². The van der Waals surface area contributed by atoms with Crippen LogP contribution < -0.4 is 9.62 Å². The van der Waals surface area contributed by atoms with E-state index in [0.29, 0.717) is 6.54 Å². The number of likely N-dealkylation sites (N-methyl/N-ethyl adjacent to an activating group) is 1. The molecule has 0 bridgehead atoms. The number of rotatable bonds is 8. The summed E-state index contributed by atoms with van der Waals surface area (Å²) >= 11 is 6.29. The maximum Gasteiger partial charge on any atom is 0.252 e. The lowest BCUT2D eigenvalue weighted by Crippen LogP contribution is -2.38. The second kappa shape index (κ2) is 9.80. The van der Waals surface area contributed by atoms with E-state index in [2.05, 4.69) is 24.1 Å². The van der Waals surface area contributed by atoms with Gasteiger partial charge < -0.3 is 5.32 Å². The molecule has 1 saturated heterocycles. The lowest BCUT2D eigenvalue weighted by molar-refractivity contribution is -0.116. The molecule has 1 fully saturated rings. The Balaban J connectivity index is 1.77. The Bertz CT molecular complexity index is 1060. The van der Waals surface area contributed by atoms with E-state index >= 15 is 0 Å². The van der Waals surface area contributed by atoms with E-state index in [1.165, 1.54) is 18.2 Å². The van der Waals surface area contributed by atoms with Gasteiger partial charge >= 0.3 is 0 Å². The molecule has 0 spiro atoms. The molecule has 2 aromatic carbocycles. The van der Waals surface area contributed by atoms with Gasteiger partial charge in [0.15, 0.2) is 0 Å². The summed E-state index contributed by atoms with van der Waals surface area (Å²) in [6.07, 6.45) is -0.0611. The van der Waals surface area contributed by atoms with Crippen molar-refractivity contribution in [1.29, 1.82) is 0 Å². The van der Waals surface area contributed by atoms with Crippen LogP contribution in [0, 0.1) is 0 Å². The monoisotopic (exact) mass is 463 g/mol. The largest absolute Gasteiger partial charge is 0.350 e. The van der Waals surface area contributed by atoms with Crippen LogP contribution in [0.5, 0.6) is 0 Å². The molecule has 31 heavy (non-hydrogen) atoms. The predicted molar refractivity (Wildman–Crippen MR) is 122 cm³/mol. The highest BCUT2D eigenvalue weighted by Gasteiger charge is 2.36. The highest BCUT2D eigenvalue weighted by atomic mass is 35.5. The average Bonchev–Trinajstić information content (AvgIpc) is 3.03. The Morgan fingerprint density at radius 1 is 1.16 bits per heavy atom. The maximum atomic E-state index is 12.8. The zero-order chi connectivity index (χ0) is 22.6. The number of carbonyl (C=O) groups excluding carboxylic acids is 2. The van der Waals surface area contributed by atoms with Crippen molar-refractivity contribution in [3.05, 3.63) is 64.7 Å². The average molecular weight is 464 g/mol. The first-order valence-electron chi connectivity index (χ1n) is 10.2. The minimum absolute atomic E-state index is 0.00515. The van der Waals surface area contributed by atoms with Gasteiger partial charge in [-0.1, -0.05) is 55.8 Å². The molecule has 1 aliphatic rings. The van der Waals surface area contributed by atoms with Gasteiger partial charge in [-0.3, -0.25) is 14.5 Å². The fourth-order valence-corrected chi connectivity index (χ4v) is 5.48. The van der Waals surface area contributed by atoms with Crippen molar-refractivity contribution >= 4 is 39.1 Å². The normalized spacial score (nSPS) is 16.5. The molecule has 0 aromatic heterocycles. The molecule has 1 unspecified atom stereocenters. The Hall–Kier alpha value is -2.42. The molecule has 1 aliphatic heterocycles. The van der Waals surface area contributed by atoms with Crippen LogP contribution in [-0.4, -0.2) is 50.5 Å². The number of hydrogen-bond donors (Lipinski definition) is 1. The molecule has 1 N–H and O–H groups in total. The van der Waals surface area contributed by atoms with E-state index in [-0.39, 0.29) is 40.4 Å². The van der Waals surface area contributed by atoms with Crippen molar-refractivity contribution in [3.8, 4) is 0 Å². The Labute approximate surface area is 188 Å². The number of carbonyl (C=O) groups is 2. The molecular weight excluding hydrogens is 438 g/mol. The molecule has 0 radical (unpaired) electrons. The molecule has 7 nitrogen and oxygen atoms in total. The highest BCUT2D eigenvalue weighted by Crippen LogP contribution is 2.29. The van der Waals surface area contributed by atoms with Crippen molar-refractivity contribution in [2.24, 2.45) is 0 Å². The second-order valence-corrected chi connectivity index (χ2v) is 9.59. The number of amides is 2. The number of sulfonamides is 1. The zero-order valence-electron chi connectivity index (χ0n) is 17.5. The molecular formula is C22H26ClN3O4S. The fraction of sp³-hybridized carbons (Fsp3) is 0.364. The summed E-state index contributed by atoms with van der Waals surface area (Å²) in [7, 11) is -3.69. The first-order chi connectivity index (χ1) is 14.8. The van der Waals surface area contributed by atoms with E-state index in [1.807, 2.05) is 30.3 Å². The Morgan fingerprint density at radius 2 is 1.84 bits per heavy atom. The molecule has 0 saturated carbocycles. The van der Waals surface area contributed by atoms with Crippen molar-refractivity contribution in [2.75, 3.05) is 29.7 Å². The lowest BCUT2D eigenvalue weighted by Gasteiger charge is -2.30. The number of nitrogens with zero attached hydrogens (tertiary/aromatic N) is 2. The van der Waals surface area contributed by atoms with Gasteiger partial charge in [0.25, 0.3) is 5.91 Å². The molecule has 2 aromatic rings. The maximum absolute atomic E-state index is 12.8. The van der Waals surface area contributed by atoms with Gasteiger partial charge in [0, 0.05) is 13.0 Å². The van der Waals surface area contributed by atoms with Gasteiger partial charge in [0.2, 0.25) is 15.9 Å². The molecule has 166 valence electrons. The van der Waals surface area contributed by atoms with E-state index in [9.17, 15) is 18.0 Å². The van der Waals surface area contributed by atoms with Crippen LogP contribution in [0.15, 0.2) is 48.5 Å². The van der Waals surface area contributed by atoms with Crippen LogP contribution in [-0.2, 0) is 14.8 Å². The van der Waals surface area contributed by atoms with Crippen molar-refractivity contribution in [3.63, 3.8) is 0 Å². The smallest absolute Gasteiger partial charge is 0.252 e. The predicted octanol–water partition coefficient (Wildman–Crippen LogP) is 3.22. The van der Waals surface area contributed by atoms with Crippen LogP contribution in [0.25, 0.3) is 0 Å². The molecule has 3 rings (SSSR count). The molecule has 1 heterocycles. The SMILES string of the molecule is CCN(CC)C(CNC(=O)c1ccc(N2C(=O)CCS2(=O)=O)cc1Cl)c1ccccc1. The number of halogens is 1. The van der Waals surface area contributed by atoms with Gasteiger partial charge in [-0.05, 0) is 36.9 Å². The van der Waals surface area contributed by atoms with Crippen LogP contribution in [0.2, 0.25) is 5.02 Å². The summed E-state index contributed by atoms with van der Waals surface area (Å²) in [5.74, 6) is -1.09. The van der Waals surface area contributed by atoms with E-state index < -0.39 is 15.9 Å². The van der Waals surface area contributed by atoms with E-state index in [1.54, 1.807) is 0 Å². The number of hydrogen-bond acceptors (Lipinski definition) is 5. The summed E-state index contributed by atoms with van der Waals surface area (Å²) in [5, 5.41) is 3.02. The standard InChI is InChI=1S/C22H26ClN3O4S/c1-3-25(4-2)20(16-8-6-5-7-9-16)15-24-22(28)18-11-10-17(14-19(18)23)26-21(27)12-13-31(26,29)30/h5-11,14,20H,3-4,12-13,15H2,1-2H3,(H,24,28). The third kappa shape index (κ3) is 5.08. The summed E-state index contributed by atoms with van der Waals surface area (Å²) < 4.78 is 25.0. The van der Waals surface area contributed by atoms with Crippen molar-refractivity contribution in [1.82, 2.24) is 10.2 Å². The summed E-state index contributed by atoms with van der Waals surface area (Å²) in [6, 6.07) is 14.2. The van der Waals surface area contributed by atoms with Crippen LogP contribution >= 0.6 is 11.6 Å². The summed E-state index contributed by atoms with van der Waals surface area (Å²) in [5.41, 5.74) is 1.47. The fourth-order valence-electron chi connectivity index (χ4n) is 3.77. The van der Waals surface area contributed by atoms with Crippen LogP contribution in [0.4, 0.5) is 5.69 Å².